The maximum absolute atomic E-state index is 13.4. The molecule has 0 saturated heterocycles. The average Bonchev–Trinajstić information content (AvgIpc) is 2.58. The molecule has 0 fully saturated rings. The zero-order valence-corrected chi connectivity index (χ0v) is 12.0. The number of hydrogen-bond acceptors (Lipinski definition) is 5. The standard InChI is InChI=1S/C16H8F2N4O2/c17-13-3-1-10(5-14(13)18)21-16-9(7-19)8-20-15-4-2-11(22(23)24)6-12(15)16/h1-6,8H,(H,20,21). The van der Waals surface area contributed by atoms with Crippen molar-refractivity contribution < 1.29 is 13.7 Å². The molecule has 8 heteroatoms. The van der Waals surface area contributed by atoms with Crippen LogP contribution in [0.3, 0.4) is 0 Å². The lowest BCUT2D eigenvalue weighted by molar-refractivity contribution is -0.384. The number of halogens is 2. The number of nitrogens with zero attached hydrogens (tertiary/aromatic N) is 3. The fraction of sp³-hybridized carbons (Fsp3) is 0. The van der Waals surface area contributed by atoms with Crippen LogP contribution in [0.5, 0.6) is 0 Å². The molecule has 1 aromatic heterocycles. The number of aromatic nitrogens is 1. The van der Waals surface area contributed by atoms with Crippen molar-refractivity contribution in [2.24, 2.45) is 0 Å². The Morgan fingerprint density at radius 3 is 2.62 bits per heavy atom. The maximum Gasteiger partial charge on any atom is 0.270 e. The zero-order valence-electron chi connectivity index (χ0n) is 12.0. The Bertz CT molecular complexity index is 1010. The lowest BCUT2D eigenvalue weighted by Crippen LogP contribution is -1.98. The van der Waals surface area contributed by atoms with Crippen molar-refractivity contribution in [2.75, 3.05) is 5.32 Å². The Hall–Kier alpha value is -3.60. The van der Waals surface area contributed by atoms with E-state index in [0.717, 1.165) is 12.1 Å². The highest BCUT2D eigenvalue weighted by molar-refractivity contribution is 5.96. The number of benzene rings is 2. The van der Waals surface area contributed by atoms with Gasteiger partial charge in [0, 0.05) is 35.5 Å². The molecule has 3 aromatic rings. The average molecular weight is 326 g/mol. The second-order valence-corrected chi connectivity index (χ2v) is 4.87. The van der Waals surface area contributed by atoms with E-state index >= 15 is 0 Å². The molecule has 0 aliphatic rings. The van der Waals surface area contributed by atoms with E-state index in [-0.39, 0.29) is 22.6 Å². The topological polar surface area (TPSA) is 91.8 Å². The van der Waals surface area contributed by atoms with Crippen LogP contribution in [0, 0.1) is 33.1 Å². The molecule has 1 N–H and O–H groups in total. The fourth-order valence-electron chi connectivity index (χ4n) is 2.23. The first-order valence-corrected chi connectivity index (χ1v) is 6.69. The smallest absolute Gasteiger partial charge is 0.270 e. The first-order valence-electron chi connectivity index (χ1n) is 6.69. The summed E-state index contributed by atoms with van der Waals surface area (Å²) in [6.45, 7) is 0. The van der Waals surface area contributed by atoms with Crippen molar-refractivity contribution in [1.29, 1.82) is 5.26 Å². The zero-order chi connectivity index (χ0) is 17.3. The number of nitriles is 1. The Labute approximate surface area is 134 Å². The second-order valence-electron chi connectivity index (χ2n) is 4.87. The van der Waals surface area contributed by atoms with Gasteiger partial charge in [0.25, 0.3) is 5.69 Å². The van der Waals surface area contributed by atoms with Crippen molar-refractivity contribution in [3.05, 3.63) is 69.9 Å². The van der Waals surface area contributed by atoms with Crippen LogP contribution in [0.15, 0.2) is 42.6 Å². The molecule has 2 aromatic carbocycles. The Kier molecular flexibility index (Phi) is 3.75. The number of non-ortho nitro benzene ring substituents is 1. The monoisotopic (exact) mass is 326 g/mol. The highest BCUT2D eigenvalue weighted by atomic mass is 19.2. The molecule has 0 radical (unpaired) electrons. The van der Waals surface area contributed by atoms with Gasteiger partial charge in [-0.25, -0.2) is 8.78 Å². The molecule has 0 atom stereocenters. The van der Waals surface area contributed by atoms with Gasteiger partial charge in [0.05, 0.1) is 21.7 Å². The van der Waals surface area contributed by atoms with Crippen LogP contribution in [0.2, 0.25) is 0 Å². The summed E-state index contributed by atoms with van der Waals surface area (Å²) in [5.41, 5.74) is 0.798. The van der Waals surface area contributed by atoms with Crippen LogP contribution < -0.4 is 5.32 Å². The van der Waals surface area contributed by atoms with E-state index in [9.17, 15) is 24.2 Å². The predicted octanol–water partition coefficient (Wildman–Crippen LogP) is 4.04. The Morgan fingerprint density at radius 1 is 1.17 bits per heavy atom. The molecule has 0 amide bonds. The Morgan fingerprint density at radius 2 is 1.96 bits per heavy atom. The third-order valence-electron chi connectivity index (χ3n) is 3.37. The van der Waals surface area contributed by atoms with Crippen LogP contribution in [-0.4, -0.2) is 9.91 Å². The van der Waals surface area contributed by atoms with Crippen LogP contribution in [0.4, 0.5) is 25.8 Å². The fourth-order valence-corrected chi connectivity index (χ4v) is 2.23. The summed E-state index contributed by atoms with van der Waals surface area (Å²) in [5, 5.41) is 23.3. The summed E-state index contributed by atoms with van der Waals surface area (Å²) in [7, 11) is 0. The van der Waals surface area contributed by atoms with Gasteiger partial charge in [-0.05, 0) is 18.2 Å². The largest absolute Gasteiger partial charge is 0.354 e. The van der Waals surface area contributed by atoms with Crippen molar-refractivity contribution in [2.45, 2.75) is 0 Å². The SMILES string of the molecule is N#Cc1cnc2ccc([N+](=O)[O-])cc2c1Nc1ccc(F)c(F)c1. The van der Waals surface area contributed by atoms with Crippen molar-refractivity contribution >= 4 is 28.0 Å². The third-order valence-corrected chi connectivity index (χ3v) is 3.37. The number of nitro benzene ring substituents is 1. The quantitative estimate of drug-likeness (QED) is 0.579. The Balaban J connectivity index is 2.19. The van der Waals surface area contributed by atoms with E-state index in [2.05, 4.69) is 10.3 Å². The normalized spacial score (nSPS) is 10.4. The summed E-state index contributed by atoms with van der Waals surface area (Å²) in [5.74, 6) is -2.06. The van der Waals surface area contributed by atoms with Crippen LogP contribution in [0.25, 0.3) is 10.9 Å². The predicted molar refractivity (Wildman–Crippen MR) is 82.8 cm³/mol. The molecule has 0 saturated carbocycles. The molecule has 0 aliphatic heterocycles. The first-order chi connectivity index (χ1) is 11.5. The minimum absolute atomic E-state index is 0.118. The van der Waals surface area contributed by atoms with Gasteiger partial charge < -0.3 is 5.32 Å². The lowest BCUT2D eigenvalue weighted by atomic mass is 10.1. The molecule has 3 rings (SSSR count). The molecule has 0 spiro atoms. The molecular formula is C16H8F2N4O2. The summed E-state index contributed by atoms with van der Waals surface area (Å²) in [4.78, 5) is 14.5. The number of hydrogen-bond donors (Lipinski definition) is 1. The van der Waals surface area contributed by atoms with Crippen molar-refractivity contribution in [1.82, 2.24) is 4.98 Å². The molecule has 118 valence electrons. The number of rotatable bonds is 3. The van der Waals surface area contributed by atoms with Crippen LogP contribution in [0.1, 0.15) is 5.56 Å². The van der Waals surface area contributed by atoms with E-state index in [4.69, 9.17) is 0 Å². The molecule has 1 heterocycles. The highest BCUT2D eigenvalue weighted by Crippen LogP contribution is 2.31. The number of pyridine rings is 1. The third kappa shape index (κ3) is 2.70. The minimum Gasteiger partial charge on any atom is -0.354 e. The van der Waals surface area contributed by atoms with Crippen LogP contribution in [-0.2, 0) is 0 Å². The summed E-state index contributed by atoms with van der Waals surface area (Å²) < 4.78 is 26.4. The van der Waals surface area contributed by atoms with E-state index in [1.807, 2.05) is 6.07 Å². The summed E-state index contributed by atoms with van der Waals surface area (Å²) in [6.07, 6.45) is 1.30. The van der Waals surface area contributed by atoms with Crippen LogP contribution >= 0.6 is 0 Å². The van der Waals surface area contributed by atoms with E-state index in [0.29, 0.717) is 10.9 Å². The van der Waals surface area contributed by atoms with E-state index in [1.165, 1.54) is 30.5 Å². The highest BCUT2D eigenvalue weighted by Gasteiger charge is 2.14. The number of nitro groups is 1. The van der Waals surface area contributed by atoms with E-state index in [1.54, 1.807) is 0 Å². The first kappa shape index (κ1) is 15.3. The maximum atomic E-state index is 13.4. The van der Waals surface area contributed by atoms with Gasteiger partial charge >= 0.3 is 0 Å². The summed E-state index contributed by atoms with van der Waals surface area (Å²) >= 11 is 0. The van der Waals surface area contributed by atoms with Gasteiger partial charge in [0.15, 0.2) is 11.6 Å². The number of anilines is 2. The van der Waals surface area contributed by atoms with Gasteiger partial charge in [-0.3, -0.25) is 15.1 Å². The van der Waals surface area contributed by atoms with Gasteiger partial charge in [0.2, 0.25) is 0 Å². The van der Waals surface area contributed by atoms with E-state index < -0.39 is 16.6 Å². The molecule has 0 unspecified atom stereocenters. The molecule has 0 aliphatic carbocycles. The number of nitrogens with one attached hydrogen (secondary N) is 1. The molecule has 0 bridgehead atoms. The molecule has 24 heavy (non-hydrogen) atoms. The molecule has 6 nitrogen and oxygen atoms in total. The number of fused-ring (bicyclic) bond motifs is 1. The minimum atomic E-state index is -1.05. The van der Waals surface area contributed by atoms with Gasteiger partial charge in [-0.1, -0.05) is 0 Å². The molecular weight excluding hydrogens is 318 g/mol. The van der Waals surface area contributed by atoms with Gasteiger partial charge in [-0.2, -0.15) is 5.26 Å². The van der Waals surface area contributed by atoms with Crippen molar-refractivity contribution in [3.8, 4) is 6.07 Å². The summed E-state index contributed by atoms with van der Waals surface area (Å²) in [6, 6.07) is 9.10. The lowest BCUT2D eigenvalue weighted by Gasteiger charge is -2.11. The van der Waals surface area contributed by atoms with Crippen molar-refractivity contribution in [3.63, 3.8) is 0 Å². The van der Waals surface area contributed by atoms with Gasteiger partial charge in [-0.15, -0.1) is 0 Å². The van der Waals surface area contributed by atoms with Gasteiger partial charge in [0.1, 0.15) is 6.07 Å². The second kappa shape index (κ2) is 5.89.